The lowest BCUT2D eigenvalue weighted by atomic mass is 10.1. The molecule has 0 saturated heterocycles. The minimum atomic E-state index is -4.31. The van der Waals surface area contributed by atoms with Gasteiger partial charge in [0.1, 0.15) is 0 Å². The molecule has 0 heterocycles. The van der Waals surface area contributed by atoms with E-state index < -0.39 is 11.7 Å². The second-order valence-corrected chi connectivity index (χ2v) is 4.99. The van der Waals surface area contributed by atoms with Gasteiger partial charge < -0.3 is 0 Å². The molecule has 1 unspecified atom stereocenters. The molecule has 1 atom stereocenters. The highest BCUT2D eigenvalue weighted by Crippen LogP contribution is 2.39. The third-order valence-corrected chi connectivity index (χ3v) is 3.14. The van der Waals surface area contributed by atoms with E-state index >= 15 is 0 Å². The minimum absolute atomic E-state index is 0.108. The molecule has 0 fully saturated rings. The lowest BCUT2D eigenvalue weighted by Gasteiger charge is -2.13. The third kappa shape index (κ3) is 2.51. The summed E-state index contributed by atoms with van der Waals surface area (Å²) in [5.74, 6) is 0. The lowest BCUT2D eigenvalue weighted by Crippen LogP contribution is -2.07. The van der Waals surface area contributed by atoms with Gasteiger partial charge in [0.05, 0.1) is 5.56 Å². The Morgan fingerprint density at radius 1 is 1.29 bits per heavy atom. The number of rotatable bonds is 1. The zero-order valence-electron chi connectivity index (χ0n) is 7.20. The van der Waals surface area contributed by atoms with Crippen LogP contribution in [0.3, 0.4) is 0 Å². The fourth-order valence-electron chi connectivity index (χ4n) is 1.08. The summed E-state index contributed by atoms with van der Waals surface area (Å²) in [6, 6.07) is 4.11. The maximum atomic E-state index is 12.4. The minimum Gasteiger partial charge on any atom is -0.166 e. The molecule has 0 radical (unpaired) electrons. The van der Waals surface area contributed by atoms with Crippen molar-refractivity contribution in [1.29, 1.82) is 0 Å². The Balaban J connectivity index is 3.28. The Bertz CT molecular complexity index is 331. The normalized spacial score (nSPS) is 14.1. The van der Waals surface area contributed by atoms with Gasteiger partial charge in [-0.15, -0.1) is 0 Å². The number of hydrogen-bond acceptors (Lipinski definition) is 0. The van der Waals surface area contributed by atoms with Crippen molar-refractivity contribution < 1.29 is 13.2 Å². The van der Waals surface area contributed by atoms with E-state index in [0.717, 1.165) is 6.07 Å². The number of alkyl halides is 4. The highest BCUT2D eigenvalue weighted by atomic mass is 79.9. The second-order valence-electron chi connectivity index (χ2n) is 2.82. The Labute approximate surface area is 96.8 Å². The van der Waals surface area contributed by atoms with Crippen LogP contribution in [-0.4, -0.2) is 0 Å². The van der Waals surface area contributed by atoms with E-state index in [2.05, 4.69) is 31.9 Å². The Morgan fingerprint density at radius 3 is 2.29 bits per heavy atom. The SMILES string of the molecule is CC(Br)c1cccc(C(F)(F)F)c1Br. The number of benzene rings is 1. The van der Waals surface area contributed by atoms with E-state index in [0.29, 0.717) is 5.56 Å². The van der Waals surface area contributed by atoms with Gasteiger partial charge in [0, 0.05) is 9.30 Å². The third-order valence-electron chi connectivity index (χ3n) is 1.76. The van der Waals surface area contributed by atoms with Gasteiger partial charge in [0.15, 0.2) is 0 Å². The molecule has 0 saturated carbocycles. The molecule has 0 aliphatic carbocycles. The van der Waals surface area contributed by atoms with E-state index in [1.54, 1.807) is 13.0 Å². The molecule has 1 aromatic rings. The molecule has 5 heteroatoms. The first-order valence-corrected chi connectivity index (χ1v) is 5.54. The molecule has 0 aromatic heterocycles. The van der Waals surface area contributed by atoms with Crippen LogP contribution in [-0.2, 0) is 6.18 Å². The summed E-state index contributed by atoms with van der Waals surface area (Å²) in [6.07, 6.45) is -4.31. The fourth-order valence-corrected chi connectivity index (χ4v) is 2.60. The van der Waals surface area contributed by atoms with Crippen molar-refractivity contribution in [3.05, 3.63) is 33.8 Å². The average Bonchev–Trinajstić information content (AvgIpc) is 2.01. The van der Waals surface area contributed by atoms with Crippen LogP contribution in [0.5, 0.6) is 0 Å². The fraction of sp³-hybridized carbons (Fsp3) is 0.333. The number of halogens is 5. The van der Waals surface area contributed by atoms with Gasteiger partial charge in [0.2, 0.25) is 0 Å². The van der Waals surface area contributed by atoms with Crippen LogP contribution in [0.25, 0.3) is 0 Å². The van der Waals surface area contributed by atoms with Crippen LogP contribution in [0, 0.1) is 0 Å². The average molecular weight is 332 g/mol. The van der Waals surface area contributed by atoms with Crippen molar-refractivity contribution in [3.8, 4) is 0 Å². The Hall–Kier alpha value is -0.0300. The summed E-state index contributed by atoms with van der Waals surface area (Å²) < 4.78 is 37.4. The first kappa shape index (κ1) is 12.0. The molecule has 0 aliphatic heterocycles. The Morgan fingerprint density at radius 2 is 1.86 bits per heavy atom. The molecule has 14 heavy (non-hydrogen) atoms. The molecule has 0 nitrogen and oxygen atoms in total. The summed E-state index contributed by atoms with van der Waals surface area (Å²) in [6.45, 7) is 1.78. The zero-order chi connectivity index (χ0) is 10.9. The van der Waals surface area contributed by atoms with E-state index in [4.69, 9.17) is 0 Å². The van der Waals surface area contributed by atoms with Crippen molar-refractivity contribution >= 4 is 31.9 Å². The lowest BCUT2D eigenvalue weighted by molar-refractivity contribution is -0.138. The van der Waals surface area contributed by atoms with Crippen LogP contribution in [0.4, 0.5) is 13.2 Å². The van der Waals surface area contributed by atoms with Crippen LogP contribution in [0.15, 0.2) is 22.7 Å². The van der Waals surface area contributed by atoms with Gasteiger partial charge in [0.25, 0.3) is 0 Å². The maximum Gasteiger partial charge on any atom is 0.417 e. The molecular weight excluding hydrogens is 325 g/mol. The standard InChI is InChI=1S/C9H7Br2F3/c1-5(10)6-3-2-4-7(8(6)11)9(12,13)14/h2-5H,1H3. The van der Waals surface area contributed by atoms with Crippen LogP contribution < -0.4 is 0 Å². The zero-order valence-corrected chi connectivity index (χ0v) is 10.4. The molecular formula is C9H7Br2F3. The summed E-state index contributed by atoms with van der Waals surface area (Å²) in [7, 11) is 0. The van der Waals surface area contributed by atoms with Gasteiger partial charge >= 0.3 is 6.18 Å². The monoisotopic (exact) mass is 330 g/mol. The molecule has 78 valence electrons. The molecule has 1 aromatic carbocycles. The van der Waals surface area contributed by atoms with Crippen LogP contribution in [0.1, 0.15) is 22.9 Å². The van der Waals surface area contributed by atoms with Gasteiger partial charge in [-0.3, -0.25) is 0 Å². The smallest absolute Gasteiger partial charge is 0.166 e. The summed E-state index contributed by atoms with van der Waals surface area (Å²) in [5, 5.41) is 0. The van der Waals surface area contributed by atoms with Crippen molar-refractivity contribution in [2.45, 2.75) is 17.9 Å². The largest absolute Gasteiger partial charge is 0.417 e. The molecule has 0 aliphatic rings. The second kappa shape index (κ2) is 4.23. The van der Waals surface area contributed by atoms with E-state index in [-0.39, 0.29) is 9.30 Å². The first-order valence-electron chi connectivity index (χ1n) is 3.83. The summed E-state index contributed by atoms with van der Waals surface area (Å²) in [4.78, 5) is -0.112. The molecule has 0 amide bonds. The van der Waals surface area contributed by atoms with E-state index in [1.165, 1.54) is 6.07 Å². The topological polar surface area (TPSA) is 0 Å². The predicted molar refractivity (Wildman–Crippen MR) is 56.5 cm³/mol. The van der Waals surface area contributed by atoms with Crippen LogP contribution >= 0.6 is 31.9 Å². The molecule has 0 N–H and O–H groups in total. The quantitative estimate of drug-likeness (QED) is 0.640. The van der Waals surface area contributed by atoms with Crippen LogP contribution in [0.2, 0.25) is 0 Å². The summed E-state index contributed by atoms with van der Waals surface area (Å²) >= 11 is 6.20. The maximum absolute atomic E-state index is 12.4. The highest BCUT2D eigenvalue weighted by molar-refractivity contribution is 9.11. The van der Waals surface area contributed by atoms with Gasteiger partial charge in [-0.05, 0) is 34.5 Å². The van der Waals surface area contributed by atoms with Gasteiger partial charge in [-0.1, -0.05) is 28.1 Å². The highest BCUT2D eigenvalue weighted by Gasteiger charge is 2.33. The molecule has 0 spiro atoms. The Kier molecular flexibility index (Phi) is 3.63. The van der Waals surface area contributed by atoms with Crippen molar-refractivity contribution in [2.75, 3.05) is 0 Å². The van der Waals surface area contributed by atoms with Crippen molar-refractivity contribution in [3.63, 3.8) is 0 Å². The van der Waals surface area contributed by atoms with Crippen molar-refractivity contribution in [2.24, 2.45) is 0 Å². The first-order chi connectivity index (χ1) is 6.34. The molecule has 0 bridgehead atoms. The summed E-state index contributed by atoms with van der Waals surface area (Å²) in [5.41, 5.74) is -0.0406. The predicted octanol–water partition coefficient (Wildman–Crippen LogP) is 4.92. The molecule has 1 rings (SSSR count). The van der Waals surface area contributed by atoms with E-state index in [1.807, 2.05) is 0 Å². The van der Waals surface area contributed by atoms with Crippen molar-refractivity contribution in [1.82, 2.24) is 0 Å². The van der Waals surface area contributed by atoms with Gasteiger partial charge in [-0.2, -0.15) is 13.2 Å². The van der Waals surface area contributed by atoms with E-state index in [9.17, 15) is 13.2 Å². The number of hydrogen-bond donors (Lipinski definition) is 0. The van der Waals surface area contributed by atoms with Gasteiger partial charge in [-0.25, -0.2) is 0 Å².